The number of nitrogens with two attached hydrogens (primary N) is 1. The largest absolute Gasteiger partial charge is 0.242 e. The Hall–Kier alpha value is -0.0100. The maximum Gasteiger partial charge on any atom is 0.242 e. The van der Waals surface area contributed by atoms with Gasteiger partial charge in [0.15, 0.2) is 0 Å². The monoisotopic (exact) mass is 80.0 g/mol. The van der Waals surface area contributed by atoms with Gasteiger partial charge < -0.3 is 0 Å². The van der Waals surface area contributed by atoms with Crippen LogP contribution in [0.15, 0.2) is 4.85 Å². The predicted octanol–water partition coefficient (Wildman–Crippen LogP) is 0.874. The van der Waals surface area contributed by atoms with Gasteiger partial charge in [0.25, 0.3) is 0 Å². The lowest BCUT2D eigenvalue weighted by atomic mass is 13.0. The Kier molecular flexibility index (Phi) is 2.98. The van der Waals surface area contributed by atoms with Gasteiger partial charge in [-0.25, -0.2) is 5.84 Å². The summed E-state index contributed by atoms with van der Waals surface area (Å²) in [5, 5.41) is 0. The SMILES string of the molecule is NN=PF. The lowest BCUT2D eigenvalue weighted by Crippen LogP contribution is -1.65. The van der Waals surface area contributed by atoms with Crippen LogP contribution in [0.1, 0.15) is 0 Å². The van der Waals surface area contributed by atoms with Crippen LogP contribution in [0.5, 0.6) is 0 Å². The second-order valence-corrected chi connectivity index (χ2v) is 0.573. The van der Waals surface area contributed by atoms with E-state index in [2.05, 4.69) is 10.7 Å². The van der Waals surface area contributed by atoms with E-state index < -0.39 is 8.68 Å². The highest BCUT2D eigenvalue weighted by Crippen LogP contribution is 1.90. The molecular weight excluding hydrogens is 78.0 g/mol. The predicted molar refractivity (Wildman–Crippen MR) is 14.6 cm³/mol. The van der Waals surface area contributed by atoms with Gasteiger partial charge in [-0.1, -0.05) is 0 Å². The van der Waals surface area contributed by atoms with E-state index in [0.717, 1.165) is 0 Å². The molecule has 4 heteroatoms. The number of halogens is 1. The highest BCUT2D eigenvalue weighted by Gasteiger charge is 1.41. The van der Waals surface area contributed by atoms with E-state index in [-0.39, 0.29) is 0 Å². The zero-order valence-corrected chi connectivity index (χ0v) is 2.74. The minimum Gasteiger partial charge on any atom is -0.221 e. The Morgan fingerprint density at radius 3 is 2.25 bits per heavy atom. The van der Waals surface area contributed by atoms with Crippen molar-refractivity contribution in [1.82, 2.24) is 0 Å². The van der Waals surface area contributed by atoms with Crippen LogP contribution < -0.4 is 5.84 Å². The van der Waals surface area contributed by atoms with Crippen molar-refractivity contribution in [2.24, 2.45) is 10.7 Å². The summed E-state index contributed by atoms with van der Waals surface area (Å²) in [6.45, 7) is 0. The molecule has 2 nitrogen and oxygen atoms in total. The molecule has 0 fully saturated rings. The van der Waals surface area contributed by atoms with E-state index >= 15 is 0 Å². The molecule has 0 aromatic heterocycles. The molecule has 0 aliphatic carbocycles. The third-order valence-corrected chi connectivity index (χ3v) is 0.131. The minimum atomic E-state index is -0.599. The molecule has 0 aliphatic heterocycles. The van der Waals surface area contributed by atoms with Gasteiger partial charge in [0.2, 0.25) is 8.68 Å². The molecule has 0 saturated heterocycles. The van der Waals surface area contributed by atoms with Crippen LogP contribution in [-0.4, -0.2) is 0 Å². The smallest absolute Gasteiger partial charge is 0.221 e. The topological polar surface area (TPSA) is 38.4 Å². The molecule has 4 heavy (non-hydrogen) atoms. The van der Waals surface area contributed by atoms with Crippen molar-refractivity contribution in [3.63, 3.8) is 0 Å². The standard InChI is InChI=1S/FH2N2P/c1-4-3-2/h2H2. The van der Waals surface area contributed by atoms with Crippen LogP contribution in [0, 0.1) is 0 Å². The molecule has 0 heterocycles. The van der Waals surface area contributed by atoms with E-state index in [4.69, 9.17) is 0 Å². The molecule has 0 bridgehead atoms. The lowest BCUT2D eigenvalue weighted by molar-refractivity contribution is 0.921. The van der Waals surface area contributed by atoms with Crippen molar-refractivity contribution in [2.45, 2.75) is 0 Å². The van der Waals surface area contributed by atoms with Gasteiger partial charge in [-0.2, -0.15) is 9.05 Å². The summed E-state index contributed by atoms with van der Waals surface area (Å²) in [4.78, 5) is 2.54. The first-order chi connectivity index (χ1) is 1.91. The molecule has 24 valence electrons. The van der Waals surface area contributed by atoms with Crippen LogP contribution in [0.2, 0.25) is 0 Å². The van der Waals surface area contributed by atoms with Crippen LogP contribution in [0.4, 0.5) is 4.20 Å². The van der Waals surface area contributed by atoms with Crippen LogP contribution in [-0.2, 0) is 0 Å². The van der Waals surface area contributed by atoms with Crippen molar-refractivity contribution < 1.29 is 4.20 Å². The molecule has 2 N–H and O–H groups in total. The first kappa shape index (κ1) is 3.99. The Labute approximate surface area is 24.8 Å². The maximum atomic E-state index is 10.4. The third kappa shape index (κ3) is 1.99. The van der Waals surface area contributed by atoms with Crippen LogP contribution in [0.25, 0.3) is 0 Å². The summed E-state index contributed by atoms with van der Waals surface area (Å²) in [7, 11) is -0.599. The molecule has 0 unspecified atom stereocenters. The van der Waals surface area contributed by atoms with Crippen LogP contribution >= 0.6 is 8.68 Å². The highest BCUT2D eigenvalue weighted by atomic mass is 31.1. The first-order valence-corrected chi connectivity index (χ1v) is 1.37. The van der Waals surface area contributed by atoms with E-state index in [9.17, 15) is 4.20 Å². The van der Waals surface area contributed by atoms with E-state index in [1.165, 1.54) is 0 Å². The fourth-order valence-electron chi connectivity index (χ4n) is 0. The molecular formula is H2FN2P. The average Bonchev–Trinajstić information content (AvgIpc) is 1.37. The fourth-order valence-corrected chi connectivity index (χ4v) is 0. The van der Waals surface area contributed by atoms with Gasteiger partial charge in [0, 0.05) is 0 Å². The van der Waals surface area contributed by atoms with Gasteiger partial charge >= 0.3 is 0 Å². The zero-order valence-electron chi connectivity index (χ0n) is 1.85. The minimum absolute atomic E-state index is 0.599. The normalized spacial score (nSPS) is 9.50. The molecule has 0 aromatic carbocycles. The molecule has 0 rings (SSSR count). The maximum absolute atomic E-state index is 10.4. The van der Waals surface area contributed by atoms with E-state index in [0.29, 0.717) is 0 Å². The second-order valence-electron chi connectivity index (χ2n) is 0.191. The summed E-state index contributed by atoms with van der Waals surface area (Å²) in [6.07, 6.45) is 0. The van der Waals surface area contributed by atoms with Gasteiger partial charge in [-0.05, 0) is 0 Å². The summed E-state index contributed by atoms with van der Waals surface area (Å²) in [5.41, 5.74) is 0. The zero-order chi connectivity index (χ0) is 3.41. The molecule has 0 atom stereocenters. The van der Waals surface area contributed by atoms with Crippen molar-refractivity contribution in [3.8, 4) is 0 Å². The third-order valence-electron chi connectivity index (χ3n) is 0.0436. The second kappa shape index (κ2) is 2.99. The Balaban J connectivity index is 2.55. The summed E-state index contributed by atoms with van der Waals surface area (Å²) >= 11 is 0. The summed E-state index contributed by atoms with van der Waals surface area (Å²) < 4.78 is 10.4. The molecule has 0 radical (unpaired) electrons. The molecule has 0 aromatic rings. The van der Waals surface area contributed by atoms with Crippen molar-refractivity contribution in [3.05, 3.63) is 0 Å². The Bertz CT molecular complexity index is 21.2. The molecule has 0 saturated carbocycles. The van der Waals surface area contributed by atoms with Crippen molar-refractivity contribution in [1.29, 1.82) is 0 Å². The summed E-state index contributed by atoms with van der Waals surface area (Å²) in [5.74, 6) is 4.27. The number of rotatable bonds is 0. The fraction of sp³-hybridized carbons (Fsp3) is 0. The Morgan fingerprint density at radius 2 is 2.25 bits per heavy atom. The number of nitrogens with zero attached hydrogens (tertiary/aromatic N) is 1. The van der Waals surface area contributed by atoms with E-state index in [1.54, 1.807) is 0 Å². The van der Waals surface area contributed by atoms with Gasteiger partial charge in [-0.3, -0.25) is 0 Å². The van der Waals surface area contributed by atoms with Crippen molar-refractivity contribution in [2.75, 3.05) is 0 Å². The molecule has 0 spiro atoms. The first-order valence-electron chi connectivity index (χ1n) is 0.627. The number of hydrogen-bond acceptors (Lipinski definition) is 1. The quantitative estimate of drug-likeness (QED) is 0.261. The Morgan fingerprint density at radius 1 is 2.00 bits per heavy atom. The van der Waals surface area contributed by atoms with Crippen molar-refractivity contribution >= 4 is 8.68 Å². The summed E-state index contributed by atoms with van der Waals surface area (Å²) in [6, 6.07) is 0. The van der Waals surface area contributed by atoms with Gasteiger partial charge in [-0.15, -0.1) is 0 Å². The number of hydrogen-bond donors (Lipinski definition) is 1. The van der Waals surface area contributed by atoms with Gasteiger partial charge in [0.1, 0.15) is 0 Å². The average molecular weight is 80.0 g/mol. The van der Waals surface area contributed by atoms with Crippen LogP contribution in [0.3, 0.4) is 0 Å². The molecule has 0 aliphatic rings. The van der Waals surface area contributed by atoms with E-state index in [1.807, 2.05) is 0 Å². The molecule has 0 amide bonds. The lowest BCUT2D eigenvalue weighted by Gasteiger charge is -1.47. The van der Waals surface area contributed by atoms with Gasteiger partial charge in [0.05, 0.1) is 0 Å². The highest BCUT2D eigenvalue weighted by molar-refractivity contribution is 7.19.